The van der Waals surface area contributed by atoms with Gasteiger partial charge < -0.3 is 5.73 Å². The quantitative estimate of drug-likeness (QED) is 0.722. The third-order valence-corrected chi connectivity index (χ3v) is 2.15. The molecule has 0 unspecified atom stereocenters. The third kappa shape index (κ3) is 4.23. The van der Waals surface area contributed by atoms with Crippen LogP contribution in [-0.2, 0) is 6.54 Å². The normalized spacial score (nSPS) is 10.6. The lowest BCUT2D eigenvalue weighted by Crippen LogP contribution is -2.29. The molecule has 0 fully saturated rings. The van der Waals surface area contributed by atoms with Gasteiger partial charge >= 0.3 is 0 Å². The number of hydrogen-bond donors (Lipinski definition) is 1. The van der Waals surface area contributed by atoms with Crippen LogP contribution in [0.5, 0.6) is 0 Å². The highest BCUT2D eigenvalue weighted by atomic mass is 19.1. The molecule has 0 bridgehead atoms. The zero-order valence-electron chi connectivity index (χ0n) is 8.82. The fraction of sp³-hybridized carbons (Fsp3) is 0.333. The SMILES string of the molecule is C=CCN(CCN)Cc1ccc(F)cc1. The van der Waals surface area contributed by atoms with Crippen molar-refractivity contribution < 1.29 is 4.39 Å². The Morgan fingerprint density at radius 3 is 2.53 bits per heavy atom. The maximum absolute atomic E-state index is 12.7. The molecular weight excluding hydrogens is 191 g/mol. The summed E-state index contributed by atoms with van der Waals surface area (Å²) >= 11 is 0. The van der Waals surface area contributed by atoms with Crippen LogP contribution in [0.15, 0.2) is 36.9 Å². The van der Waals surface area contributed by atoms with E-state index in [4.69, 9.17) is 5.73 Å². The molecule has 0 spiro atoms. The van der Waals surface area contributed by atoms with Gasteiger partial charge in [0.05, 0.1) is 0 Å². The van der Waals surface area contributed by atoms with Crippen molar-refractivity contribution in [2.75, 3.05) is 19.6 Å². The van der Waals surface area contributed by atoms with Gasteiger partial charge in [0, 0.05) is 26.2 Å². The Morgan fingerprint density at radius 2 is 2.00 bits per heavy atom. The van der Waals surface area contributed by atoms with Gasteiger partial charge in [0.1, 0.15) is 5.82 Å². The summed E-state index contributed by atoms with van der Waals surface area (Å²) in [5.74, 6) is -0.201. The molecule has 0 saturated carbocycles. The Morgan fingerprint density at radius 1 is 1.33 bits per heavy atom. The number of nitrogens with two attached hydrogens (primary N) is 1. The molecule has 1 rings (SSSR count). The highest BCUT2D eigenvalue weighted by Crippen LogP contribution is 2.06. The summed E-state index contributed by atoms with van der Waals surface area (Å²) in [6.45, 7) is 6.72. The molecular formula is C12H17FN2. The van der Waals surface area contributed by atoms with Crippen molar-refractivity contribution in [3.05, 3.63) is 48.3 Å². The molecule has 0 atom stereocenters. The van der Waals surface area contributed by atoms with E-state index in [2.05, 4.69) is 11.5 Å². The van der Waals surface area contributed by atoms with Crippen LogP contribution in [-0.4, -0.2) is 24.5 Å². The van der Waals surface area contributed by atoms with Crippen LogP contribution in [0.4, 0.5) is 4.39 Å². The molecule has 82 valence electrons. The predicted octanol–water partition coefficient (Wildman–Crippen LogP) is 1.77. The van der Waals surface area contributed by atoms with Crippen molar-refractivity contribution in [3.63, 3.8) is 0 Å². The van der Waals surface area contributed by atoms with E-state index in [9.17, 15) is 4.39 Å². The minimum atomic E-state index is -0.201. The van der Waals surface area contributed by atoms with Crippen molar-refractivity contribution in [3.8, 4) is 0 Å². The highest BCUT2D eigenvalue weighted by Gasteiger charge is 2.02. The maximum Gasteiger partial charge on any atom is 0.123 e. The summed E-state index contributed by atoms with van der Waals surface area (Å²) in [5, 5.41) is 0. The van der Waals surface area contributed by atoms with E-state index in [1.54, 1.807) is 12.1 Å². The minimum Gasteiger partial charge on any atom is -0.329 e. The second-order valence-electron chi connectivity index (χ2n) is 3.44. The van der Waals surface area contributed by atoms with Crippen LogP contribution in [0.1, 0.15) is 5.56 Å². The average molecular weight is 208 g/mol. The standard InChI is InChI=1S/C12H17FN2/c1-2-8-15(9-7-14)10-11-3-5-12(13)6-4-11/h2-6H,1,7-10,14H2. The van der Waals surface area contributed by atoms with Crippen molar-refractivity contribution in [2.24, 2.45) is 5.73 Å². The molecule has 15 heavy (non-hydrogen) atoms. The van der Waals surface area contributed by atoms with Gasteiger partial charge in [0.25, 0.3) is 0 Å². The van der Waals surface area contributed by atoms with Crippen LogP contribution in [0, 0.1) is 5.82 Å². The van der Waals surface area contributed by atoms with E-state index >= 15 is 0 Å². The van der Waals surface area contributed by atoms with Gasteiger partial charge in [-0.25, -0.2) is 4.39 Å². The maximum atomic E-state index is 12.7. The molecule has 2 nitrogen and oxygen atoms in total. The summed E-state index contributed by atoms with van der Waals surface area (Å²) in [5.41, 5.74) is 6.59. The average Bonchev–Trinajstić information content (AvgIpc) is 2.22. The first-order valence-corrected chi connectivity index (χ1v) is 5.04. The van der Waals surface area contributed by atoms with Crippen LogP contribution < -0.4 is 5.73 Å². The molecule has 0 aliphatic rings. The Kier molecular flexibility index (Phi) is 5.01. The first-order valence-electron chi connectivity index (χ1n) is 5.04. The van der Waals surface area contributed by atoms with E-state index in [-0.39, 0.29) is 5.82 Å². The molecule has 0 aliphatic carbocycles. The summed E-state index contributed by atoms with van der Waals surface area (Å²) in [4.78, 5) is 2.17. The number of benzene rings is 1. The minimum absolute atomic E-state index is 0.201. The Bertz CT molecular complexity index is 295. The van der Waals surface area contributed by atoms with Crippen molar-refractivity contribution >= 4 is 0 Å². The molecule has 0 heterocycles. The van der Waals surface area contributed by atoms with Crippen molar-refractivity contribution in [2.45, 2.75) is 6.54 Å². The predicted molar refractivity (Wildman–Crippen MR) is 60.9 cm³/mol. The first kappa shape index (κ1) is 11.9. The van der Waals surface area contributed by atoms with Gasteiger partial charge in [-0.2, -0.15) is 0 Å². The van der Waals surface area contributed by atoms with Gasteiger partial charge in [-0.05, 0) is 17.7 Å². The second kappa shape index (κ2) is 6.32. The lowest BCUT2D eigenvalue weighted by atomic mass is 10.2. The third-order valence-electron chi connectivity index (χ3n) is 2.15. The Balaban J connectivity index is 2.56. The molecule has 3 heteroatoms. The molecule has 0 aromatic heterocycles. The van der Waals surface area contributed by atoms with Crippen LogP contribution in [0.3, 0.4) is 0 Å². The van der Waals surface area contributed by atoms with Crippen LogP contribution in [0.25, 0.3) is 0 Å². The van der Waals surface area contributed by atoms with Gasteiger partial charge in [-0.1, -0.05) is 18.2 Å². The van der Waals surface area contributed by atoms with E-state index in [0.29, 0.717) is 6.54 Å². The van der Waals surface area contributed by atoms with Crippen molar-refractivity contribution in [1.29, 1.82) is 0 Å². The highest BCUT2D eigenvalue weighted by molar-refractivity contribution is 5.15. The van der Waals surface area contributed by atoms with Gasteiger partial charge in [0.2, 0.25) is 0 Å². The number of rotatable bonds is 6. The summed E-state index contributed by atoms with van der Waals surface area (Å²) in [6.07, 6.45) is 1.85. The zero-order valence-corrected chi connectivity index (χ0v) is 8.82. The van der Waals surface area contributed by atoms with Crippen LogP contribution >= 0.6 is 0 Å². The first-order chi connectivity index (χ1) is 7.26. The smallest absolute Gasteiger partial charge is 0.123 e. The topological polar surface area (TPSA) is 29.3 Å². The van der Waals surface area contributed by atoms with Crippen LogP contribution in [0.2, 0.25) is 0 Å². The van der Waals surface area contributed by atoms with Gasteiger partial charge in [-0.3, -0.25) is 4.90 Å². The van der Waals surface area contributed by atoms with E-state index < -0.39 is 0 Å². The Hall–Kier alpha value is -1.19. The second-order valence-corrected chi connectivity index (χ2v) is 3.44. The fourth-order valence-electron chi connectivity index (χ4n) is 1.45. The van der Waals surface area contributed by atoms with E-state index in [1.165, 1.54) is 12.1 Å². The van der Waals surface area contributed by atoms with Crippen molar-refractivity contribution in [1.82, 2.24) is 4.90 Å². The molecule has 1 aromatic carbocycles. The lowest BCUT2D eigenvalue weighted by Gasteiger charge is -2.19. The van der Waals surface area contributed by atoms with E-state index in [1.807, 2.05) is 6.08 Å². The lowest BCUT2D eigenvalue weighted by molar-refractivity contribution is 0.303. The summed E-state index contributed by atoms with van der Waals surface area (Å²) in [6, 6.07) is 6.54. The zero-order chi connectivity index (χ0) is 11.1. The molecule has 2 N–H and O–H groups in total. The number of nitrogens with zero attached hydrogens (tertiary/aromatic N) is 1. The molecule has 1 aromatic rings. The number of halogens is 1. The fourth-order valence-corrected chi connectivity index (χ4v) is 1.45. The largest absolute Gasteiger partial charge is 0.329 e. The molecule has 0 saturated heterocycles. The monoisotopic (exact) mass is 208 g/mol. The van der Waals surface area contributed by atoms with E-state index in [0.717, 1.165) is 25.2 Å². The summed E-state index contributed by atoms with van der Waals surface area (Å²) in [7, 11) is 0. The number of hydrogen-bond acceptors (Lipinski definition) is 2. The van der Waals surface area contributed by atoms with Gasteiger partial charge in [0.15, 0.2) is 0 Å². The summed E-state index contributed by atoms with van der Waals surface area (Å²) < 4.78 is 12.7. The van der Waals surface area contributed by atoms with Gasteiger partial charge in [-0.15, -0.1) is 6.58 Å². The Labute approximate surface area is 90.2 Å². The molecule has 0 amide bonds. The molecule has 0 radical (unpaired) electrons. The molecule has 0 aliphatic heterocycles.